The van der Waals surface area contributed by atoms with Crippen LogP contribution in [0.5, 0.6) is 11.5 Å². The van der Waals surface area contributed by atoms with Crippen LogP contribution in [0.3, 0.4) is 0 Å². The molecule has 0 atom stereocenters. The molecule has 1 fully saturated rings. The number of nitrogens with zero attached hydrogens (tertiary/aromatic N) is 2. The molecule has 7 nitrogen and oxygen atoms in total. The van der Waals surface area contributed by atoms with Crippen LogP contribution in [0.25, 0.3) is 5.57 Å². The van der Waals surface area contributed by atoms with Crippen LogP contribution in [0.15, 0.2) is 54.2 Å². The zero-order chi connectivity index (χ0) is 19.8. The summed E-state index contributed by atoms with van der Waals surface area (Å²) >= 11 is 0. The Hall–Kier alpha value is -3.32. The first kappa shape index (κ1) is 17.8. The van der Waals surface area contributed by atoms with Gasteiger partial charge in [-0.3, -0.25) is 9.59 Å². The zero-order valence-corrected chi connectivity index (χ0v) is 15.8. The maximum Gasteiger partial charge on any atom is 0.282 e. The molecule has 0 aromatic heterocycles. The molecule has 3 heterocycles. The van der Waals surface area contributed by atoms with E-state index in [1.807, 2.05) is 35.2 Å². The van der Waals surface area contributed by atoms with Gasteiger partial charge in [-0.1, -0.05) is 30.3 Å². The van der Waals surface area contributed by atoms with Crippen molar-refractivity contribution < 1.29 is 23.8 Å². The van der Waals surface area contributed by atoms with E-state index in [0.29, 0.717) is 68.0 Å². The Morgan fingerprint density at radius 1 is 0.759 bits per heavy atom. The molecule has 5 rings (SSSR count). The molecular formula is C22H20N2O5. The molecule has 0 N–H and O–H groups in total. The van der Waals surface area contributed by atoms with Crippen LogP contribution in [0.1, 0.15) is 5.56 Å². The molecule has 0 radical (unpaired) electrons. The fourth-order valence-electron chi connectivity index (χ4n) is 3.87. The SMILES string of the molecule is O=C1C(c2ccccc2)=C(N2CCOCC2)C(=O)N1c1ccc2c(c1)OCCO2. The molecule has 148 valence electrons. The predicted octanol–water partition coefficient (Wildman–Crippen LogP) is 2.07. The topological polar surface area (TPSA) is 68.3 Å². The third kappa shape index (κ3) is 3.03. The van der Waals surface area contributed by atoms with Crippen LogP contribution in [0.4, 0.5) is 5.69 Å². The molecule has 3 aliphatic heterocycles. The highest BCUT2D eigenvalue weighted by Gasteiger charge is 2.43. The fraction of sp³-hybridized carbons (Fsp3) is 0.273. The first-order valence-electron chi connectivity index (χ1n) is 9.65. The van der Waals surface area contributed by atoms with Gasteiger partial charge in [-0.25, -0.2) is 4.90 Å². The van der Waals surface area contributed by atoms with Gasteiger partial charge in [-0.2, -0.15) is 0 Å². The standard InChI is InChI=1S/C22H20N2O5/c25-21-19(15-4-2-1-3-5-15)20(23-8-10-27-11-9-23)22(26)24(21)16-6-7-17-18(14-16)29-13-12-28-17/h1-7,14H,8-13H2. The number of fused-ring (bicyclic) bond motifs is 1. The molecule has 2 aromatic carbocycles. The van der Waals surface area contributed by atoms with E-state index < -0.39 is 0 Å². The van der Waals surface area contributed by atoms with Crippen molar-refractivity contribution in [3.63, 3.8) is 0 Å². The van der Waals surface area contributed by atoms with Gasteiger partial charge in [0.15, 0.2) is 11.5 Å². The molecule has 0 unspecified atom stereocenters. The van der Waals surface area contributed by atoms with Crippen molar-refractivity contribution in [3.8, 4) is 11.5 Å². The van der Waals surface area contributed by atoms with Crippen molar-refractivity contribution in [2.45, 2.75) is 0 Å². The van der Waals surface area contributed by atoms with Crippen LogP contribution < -0.4 is 14.4 Å². The number of morpholine rings is 1. The van der Waals surface area contributed by atoms with E-state index in [-0.39, 0.29) is 11.8 Å². The van der Waals surface area contributed by atoms with Crippen molar-refractivity contribution >= 4 is 23.1 Å². The molecular weight excluding hydrogens is 372 g/mol. The van der Waals surface area contributed by atoms with Crippen LogP contribution in [0.2, 0.25) is 0 Å². The Kier molecular flexibility index (Phi) is 4.44. The summed E-state index contributed by atoms with van der Waals surface area (Å²) in [6, 6.07) is 14.5. The lowest BCUT2D eigenvalue weighted by molar-refractivity contribution is -0.121. The maximum atomic E-state index is 13.5. The highest BCUT2D eigenvalue weighted by molar-refractivity contribution is 6.45. The van der Waals surface area contributed by atoms with E-state index in [1.165, 1.54) is 4.90 Å². The Balaban J connectivity index is 1.58. The molecule has 0 saturated carbocycles. The minimum Gasteiger partial charge on any atom is -0.486 e. The van der Waals surface area contributed by atoms with E-state index in [0.717, 1.165) is 5.56 Å². The summed E-state index contributed by atoms with van der Waals surface area (Å²) in [6.07, 6.45) is 0. The van der Waals surface area contributed by atoms with Crippen LogP contribution >= 0.6 is 0 Å². The molecule has 0 aliphatic carbocycles. The number of hydrogen-bond acceptors (Lipinski definition) is 6. The molecule has 29 heavy (non-hydrogen) atoms. The van der Waals surface area contributed by atoms with Crippen molar-refractivity contribution in [1.29, 1.82) is 0 Å². The average molecular weight is 392 g/mol. The first-order chi connectivity index (χ1) is 14.2. The first-order valence-corrected chi connectivity index (χ1v) is 9.65. The van der Waals surface area contributed by atoms with Gasteiger partial charge < -0.3 is 19.1 Å². The van der Waals surface area contributed by atoms with Gasteiger partial charge in [-0.15, -0.1) is 0 Å². The molecule has 1 saturated heterocycles. The molecule has 3 aliphatic rings. The summed E-state index contributed by atoms with van der Waals surface area (Å²) in [5.74, 6) is 0.492. The predicted molar refractivity (Wildman–Crippen MR) is 106 cm³/mol. The van der Waals surface area contributed by atoms with Gasteiger partial charge in [-0.05, 0) is 17.7 Å². The zero-order valence-electron chi connectivity index (χ0n) is 15.8. The summed E-state index contributed by atoms with van der Waals surface area (Å²) in [6.45, 7) is 3.10. The molecule has 2 aromatic rings. The number of hydrogen-bond donors (Lipinski definition) is 0. The Morgan fingerprint density at radius 2 is 1.48 bits per heavy atom. The van der Waals surface area contributed by atoms with Crippen molar-refractivity contribution in [3.05, 3.63) is 59.8 Å². The highest BCUT2D eigenvalue weighted by atomic mass is 16.6. The number of amides is 2. The Bertz CT molecular complexity index is 996. The van der Waals surface area contributed by atoms with E-state index in [4.69, 9.17) is 14.2 Å². The lowest BCUT2D eigenvalue weighted by Crippen LogP contribution is -2.40. The maximum absolute atomic E-state index is 13.5. The van der Waals surface area contributed by atoms with Crippen LogP contribution in [-0.4, -0.2) is 56.2 Å². The summed E-state index contributed by atoms with van der Waals surface area (Å²) in [5, 5.41) is 0. The summed E-state index contributed by atoms with van der Waals surface area (Å²) in [4.78, 5) is 30.1. The smallest absolute Gasteiger partial charge is 0.282 e. The van der Waals surface area contributed by atoms with Crippen molar-refractivity contribution in [2.75, 3.05) is 44.4 Å². The lowest BCUT2D eigenvalue weighted by Gasteiger charge is -2.29. The number of carbonyl (C=O) groups is 2. The van der Waals surface area contributed by atoms with Gasteiger partial charge >= 0.3 is 0 Å². The number of anilines is 1. The average Bonchev–Trinajstić information content (AvgIpc) is 3.04. The van der Waals surface area contributed by atoms with Crippen molar-refractivity contribution in [2.24, 2.45) is 0 Å². The van der Waals surface area contributed by atoms with Gasteiger partial charge in [0.2, 0.25) is 0 Å². The van der Waals surface area contributed by atoms with Gasteiger partial charge in [0.1, 0.15) is 18.9 Å². The Morgan fingerprint density at radius 3 is 2.24 bits per heavy atom. The van der Waals surface area contributed by atoms with Crippen LogP contribution in [-0.2, 0) is 14.3 Å². The molecule has 0 bridgehead atoms. The number of rotatable bonds is 3. The second kappa shape index (κ2) is 7.25. The summed E-state index contributed by atoms with van der Waals surface area (Å²) in [5.41, 5.74) is 2.06. The number of benzene rings is 2. The normalized spacial score (nSPS) is 19.2. The van der Waals surface area contributed by atoms with Gasteiger partial charge in [0.25, 0.3) is 11.8 Å². The second-order valence-corrected chi connectivity index (χ2v) is 6.96. The van der Waals surface area contributed by atoms with Crippen molar-refractivity contribution in [1.82, 2.24) is 4.90 Å². The summed E-state index contributed by atoms with van der Waals surface area (Å²) in [7, 11) is 0. The summed E-state index contributed by atoms with van der Waals surface area (Å²) < 4.78 is 16.6. The fourth-order valence-corrected chi connectivity index (χ4v) is 3.87. The minimum atomic E-state index is -0.334. The second-order valence-electron chi connectivity index (χ2n) is 6.96. The van der Waals surface area contributed by atoms with Crippen LogP contribution in [0, 0.1) is 0 Å². The third-order valence-corrected chi connectivity index (χ3v) is 5.23. The third-order valence-electron chi connectivity index (χ3n) is 5.23. The number of carbonyl (C=O) groups excluding carboxylic acids is 2. The van der Waals surface area contributed by atoms with Gasteiger partial charge in [0, 0.05) is 19.2 Å². The van der Waals surface area contributed by atoms with E-state index >= 15 is 0 Å². The van der Waals surface area contributed by atoms with Gasteiger partial charge in [0.05, 0.1) is 24.5 Å². The lowest BCUT2D eigenvalue weighted by atomic mass is 10.0. The van der Waals surface area contributed by atoms with E-state index in [1.54, 1.807) is 18.2 Å². The van der Waals surface area contributed by atoms with E-state index in [9.17, 15) is 9.59 Å². The minimum absolute atomic E-state index is 0.326. The molecule has 2 amide bonds. The number of imide groups is 1. The van der Waals surface area contributed by atoms with E-state index in [2.05, 4.69) is 0 Å². The largest absolute Gasteiger partial charge is 0.486 e. The highest BCUT2D eigenvalue weighted by Crippen LogP contribution is 2.39. The Labute approximate surface area is 168 Å². The number of ether oxygens (including phenoxy) is 3. The molecule has 7 heteroatoms. The quantitative estimate of drug-likeness (QED) is 0.745. The monoisotopic (exact) mass is 392 g/mol. The molecule has 0 spiro atoms.